The van der Waals surface area contributed by atoms with E-state index in [0.717, 1.165) is 36.5 Å². The highest BCUT2D eigenvalue weighted by atomic mass is 16.3. The van der Waals surface area contributed by atoms with Crippen LogP contribution in [0.5, 0.6) is 0 Å². The lowest BCUT2D eigenvalue weighted by Gasteiger charge is -2.55. The van der Waals surface area contributed by atoms with Crippen LogP contribution in [0.15, 0.2) is 34.9 Å². The standard InChI is InChI=1S/C29H46O/c1-7-21(19(2)3)9-8-20(4)25-12-13-26-24-11-10-22-18-23(30)14-16-28(22,5)27(24)15-17-29(25,26)6/h7,10-11,19-20,23,25-27,30H,8-9,12-18H2,1-6H3/b21-7-/t20-,23+,25?,26?,27?,28+,29-/m1/s1. The highest BCUT2D eigenvalue weighted by Crippen LogP contribution is 2.66. The Kier molecular flexibility index (Phi) is 6.17. The van der Waals surface area contributed by atoms with Crippen LogP contribution >= 0.6 is 0 Å². The molecule has 3 unspecified atom stereocenters. The molecule has 0 aromatic carbocycles. The summed E-state index contributed by atoms with van der Waals surface area (Å²) in [5.41, 5.74) is 5.77. The highest BCUT2D eigenvalue weighted by Gasteiger charge is 2.56. The summed E-state index contributed by atoms with van der Waals surface area (Å²) in [6.45, 7) is 14.6. The lowest BCUT2D eigenvalue weighted by molar-refractivity contribution is 0.0326. The van der Waals surface area contributed by atoms with E-state index in [0.29, 0.717) is 16.7 Å². The van der Waals surface area contributed by atoms with Crippen LogP contribution in [-0.2, 0) is 0 Å². The molecule has 1 heteroatoms. The molecule has 3 saturated carbocycles. The minimum Gasteiger partial charge on any atom is -0.393 e. The second kappa shape index (κ2) is 8.27. The van der Waals surface area contributed by atoms with Crippen LogP contribution in [0.25, 0.3) is 0 Å². The van der Waals surface area contributed by atoms with Gasteiger partial charge >= 0.3 is 0 Å². The van der Waals surface area contributed by atoms with Crippen molar-refractivity contribution in [2.75, 3.05) is 0 Å². The minimum absolute atomic E-state index is 0.113. The van der Waals surface area contributed by atoms with Crippen molar-refractivity contribution in [3.63, 3.8) is 0 Å². The summed E-state index contributed by atoms with van der Waals surface area (Å²) in [4.78, 5) is 0. The Morgan fingerprint density at radius 1 is 1.07 bits per heavy atom. The van der Waals surface area contributed by atoms with Crippen molar-refractivity contribution < 1.29 is 5.11 Å². The van der Waals surface area contributed by atoms with Crippen LogP contribution in [0.4, 0.5) is 0 Å². The first-order chi connectivity index (χ1) is 14.2. The zero-order valence-electron chi connectivity index (χ0n) is 20.5. The topological polar surface area (TPSA) is 20.2 Å². The summed E-state index contributed by atoms with van der Waals surface area (Å²) in [5, 5.41) is 10.2. The van der Waals surface area contributed by atoms with Gasteiger partial charge in [0.2, 0.25) is 0 Å². The summed E-state index contributed by atoms with van der Waals surface area (Å²) in [7, 11) is 0. The van der Waals surface area contributed by atoms with Gasteiger partial charge in [0.15, 0.2) is 0 Å². The SMILES string of the molecule is C/C=C(/CC[C@@H](C)C1CCC2C3=CC=C4C[C@@H](O)CC[C@]4(C)C3CC[C@@]21C)C(C)C. The Morgan fingerprint density at radius 3 is 2.53 bits per heavy atom. The van der Waals surface area contributed by atoms with Crippen LogP contribution in [0.3, 0.4) is 0 Å². The Morgan fingerprint density at radius 2 is 1.83 bits per heavy atom. The van der Waals surface area contributed by atoms with Crippen LogP contribution in [0, 0.1) is 40.4 Å². The fourth-order valence-electron chi connectivity index (χ4n) is 8.32. The van der Waals surface area contributed by atoms with Gasteiger partial charge in [-0.05, 0) is 105 Å². The molecule has 0 amide bonds. The largest absolute Gasteiger partial charge is 0.393 e. The number of hydrogen-bond donors (Lipinski definition) is 1. The van der Waals surface area contributed by atoms with E-state index >= 15 is 0 Å². The number of rotatable bonds is 5. The molecule has 0 aromatic heterocycles. The number of aliphatic hydroxyl groups is 1. The van der Waals surface area contributed by atoms with Crippen molar-refractivity contribution in [1.29, 1.82) is 0 Å². The molecule has 0 saturated heterocycles. The highest BCUT2D eigenvalue weighted by molar-refractivity contribution is 5.38. The monoisotopic (exact) mass is 410 g/mol. The van der Waals surface area contributed by atoms with Crippen molar-refractivity contribution in [2.24, 2.45) is 40.4 Å². The number of aliphatic hydroxyl groups excluding tert-OH is 1. The molecule has 0 spiro atoms. The molecule has 4 rings (SSSR count). The average Bonchev–Trinajstić information content (AvgIpc) is 3.06. The fourth-order valence-corrected chi connectivity index (χ4v) is 8.32. The quantitative estimate of drug-likeness (QED) is 0.457. The second-order valence-electron chi connectivity index (χ2n) is 12.0. The maximum atomic E-state index is 10.2. The predicted octanol–water partition coefficient (Wildman–Crippen LogP) is 7.87. The van der Waals surface area contributed by atoms with Gasteiger partial charge in [0.25, 0.3) is 0 Å². The molecule has 0 aliphatic heterocycles. The van der Waals surface area contributed by atoms with E-state index in [9.17, 15) is 5.11 Å². The molecular formula is C29H46O. The molecule has 3 fully saturated rings. The van der Waals surface area contributed by atoms with Crippen LogP contribution < -0.4 is 0 Å². The van der Waals surface area contributed by atoms with Crippen molar-refractivity contribution in [3.05, 3.63) is 34.9 Å². The summed E-state index contributed by atoms with van der Waals surface area (Å²) < 4.78 is 0. The van der Waals surface area contributed by atoms with E-state index in [1.165, 1.54) is 50.5 Å². The first-order valence-electron chi connectivity index (χ1n) is 12.9. The Balaban J connectivity index is 1.52. The predicted molar refractivity (Wildman–Crippen MR) is 128 cm³/mol. The van der Waals surface area contributed by atoms with E-state index in [1.54, 1.807) is 11.1 Å². The molecule has 0 heterocycles. The first kappa shape index (κ1) is 22.4. The van der Waals surface area contributed by atoms with Gasteiger partial charge in [-0.25, -0.2) is 0 Å². The molecule has 30 heavy (non-hydrogen) atoms. The van der Waals surface area contributed by atoms with E-state index < -0.39 is 0 Å². The summed E-state index contributed by atoms with van der Waals surface area (Å²) in [6.07, 6.45) is 18.5. The van der Waals surface area contributed by atoms with Gasteiger partial charge in [0.05, 0.1) is 6.10 Å². The maximum absolute atomic E-state index is 10.2. The molecule has 4 aliphatic rings. The molecule has 7 atom stereocenters. The minimum atomic E-state index is -0.113. The molecule has 168 valence electrons. The van der Waals surface area contributed by atoms with Gasteiger partial charge < -0.3 is 5.11 Å². The van der Waals surface area contributed by atoms with E-state index in [-0.39, 0.29) is 6.10 Å². The zero-order chi connectivity index (χ0) is 21.7. The van der Waals surface area contributed by atoms with Gasteiger partial charge in [0, 0.05) is 0 Å². The number of hydrogen-bond acceptors (Lipinski definition) is 1. The van der Waals surface area contributed by atoms with Gasteiger partial charge in [0.1, 0.15) is 0 Å². The second-order valence-corrected chi connectivity index (χ2v) is 12.0. The lowest BCUT2D eigenvalue weighted by atomic mass is 9.50. The maximum Gasteiger partial charge on any atom is 0.0578 e. The molecule has 0 aromatic rings. The van der Waals surface area contributed by atoms with Crippen molar-refractivity contribution >= 4 is 0 Å². The van der Waals surface area contributed by atoms with E-state index in [4.69, 9.17) is 0 Å². The Labute approximate surface area is 186 Å². The molecule has 0 bridgehead atoms. The van der Waals surface area contributed by atoms with Gasteiger partial charge in [-0.2, -0.15) is 0 Å². The third-order valence-corrected chi connectivity index (χ3v) is 10.3. The number of fused-ring (bicyclic) bond motifs is 5. The number of allylic oxidation sites excluding steroid dienone is 5. The molecular weight excluding hydrogens is 364 g/mol. The fraction of sp³-hybridized carbons (Fsp3) is 0.793. The molecule has 4 aliphatic carbocycles. The van der Waals surface area contributed by atoms with Gasteiger partial charge in [-0.1, -0.05) is 69.6 Å². The zero-order valence-corrected chi connectivity index (χ0v) is 20.5. The van der Waals surface area contributed by atoms with E-state index in [2.05, 4.69) is 59.8 Å². The lowest BCUT2D eigenvalue weighted by Crippen LogP contribution is -2.46. The van der Waals surface area contributed by atoms with Gasteiger partial charge in [-0.15, -0.1) is 0 Å². The molecule has 1 nitrogen and oxygen atoms in total. The third kappa shape index (κ3) is 3.58. The van der Waals surface area contributed by atoms with Crippen LogP contribution in [-0.4, -0.2) is 11.2 Å². The third-order valence-electron chi connectivity index (χ3n) is 10.3. The Hall–Kier alpha value is -0.820. The summed E-state index contributed by atoms with van der Waals surface area (Å²) in [5.74, 6) is 3.90. The summed E-state index contributed by atoms with van der Waals surface area (Å²) in [6, 6.07) is 0. The smallest absolute Gasteiger partial charge is 0.0578 e. The van der Waals surface area contributed by atoms with Crippen LogP contribution in [0.1, 0.15) is 99.3 Å². The Bertz CT molecular complexity index is 739. The van der Waals surface area contributed by atoms with Crippen molar-refractivity contribution in [2.45, 2.75) is 105 Å². The van der Waals surface area contributed by atoms with Crippen molar-refractivity contribution in [1.82, 2.24) is 0 Å². The first-order valence-corrected chi connectivity index (χ1v) is 12.9. The van der Waals surface area contributed by atoms with Gasteiger partial charge in [-0.3, -0.25) is 0 Å². The van der Waals surface area contributed by atoms with Crippen LogP contribution in [0.2, 0.25) is 0 Å². The molecule has 1 N–H and O–H groups in total. The average molecular weight is 411 g/mol. The van der Waals surface area contributed by atoms with E-state index in [1.807, 2.05) is 0 Å². The normalized spacial score (nSPS) is 42.2. The summed E-state index contributed by atoms with van der Waals surface area (Å²) >= 11 is 0. The van der Waals surface area contributed by atoms with Crippen molar-refractivity contribution in [3.8, 4) is 0 Å². The molecule has 0 radical (unpaired) electrons.